The lowest BCUT2D eigenvalue weighted by molar-refractivity contribution is -0.136. The minimum atomic E-state index is -0.548. The summed E-state index contributed by atoms with van der Waals surface area (Å²) in [5.74, 6) is -0.730. The molecule has 1 heterocycles. The summed E-state index contributed by atoms with van der Waals surface area (Å²) in [5.41, 5.74) is 3.25. The highest BCUT2D eigenvalue weighted by Gasteiger charge is 2.40. The number of ketones is 1. The number of hydrogen-bond acceptors (Lipinski definition) is 4. The van der Waals surface area contributed by atoms with Gasteiger partial charge < -0.3 is 10.1 Å². The first-order chi connectivity index (χ1) is 11.8. The summed E-state index contributed by atoms with van der Waals surface area (Å²) in [4.78, 5) is 25.3. The highest BCUT2D eigenvalue weighted by atomic mass is 35.5. The first kappa shape index (κ1) is 18.0. The Morgan fingerprint density at radius 1 is 1.28 bits per heavy atom. The van der Waals surface area contributed by atoms with Gasteiger partial charge >= 0.3 is 5.97 Å². The van der Waals surface area contributed by atoms with Gasteiger partial charge in [-0.25, -0.2) is 4.79 Å². The molecule has 0 aromatic heterocycles. The van der Waals surface area contributed by atoms with Gasteiger partial charge in [0.2, 0.25) is 0 Å². The zero-order chi connectivity index (χ0) is 18.3. The Balaban J connectivity index is 2.23. The standard InChI is InChI=1S/C19H19Cl2NO3/c1-9-6-14-18(15(23)7-9)17(12-5-4-11(20)8-13(12)21)16(10(2)22-14)19(24)25-3/h4-5,8-9,17,22H,6-7H2,1-3H3/t9-,17+/m1/s1. The van der Waals surface area contributed by atoms with E-state index >= 15 is 0 Å². The summed E-state index contributed by atoms with van der Waals surface area (Å²) in [6.45, 7) is 3.86. The maximum atomic E-state index is 12.8. The van der Waals surface area contributed by atoms with Gasteiger partial charge in [-0.05, 0) is 37.0 Å². The molecule has 1 aromatic rings. The zero-order valence-electron chi connectivity index (χ0n) is 14.3. The average Bonchev–Trinajstić information content (AvgIpc) is 2.52. The number of Topliss-reactive ketones (excluding diaryl/α,β-unsaturated/α-hetero) is 1. The zero-order valence-corrected chi connectivity index (χ0v) is 15.8. The Bertz CT molecular complexity index is 826. The van der Waals surface area contributed by atoms with Crippen molar-refractivity contribution in [1.29, 1.82) is 0 Å². The van der Waals surface area contributed by atoms with Crippen LogP contribution in [0.3, 0.4) is 0 Å². The number of nitrogens with one attached hydrogen (secondary N) is 1. The second-order valence-electron chi connectivity index (χ2n) is 6.58. The molecule has 0 radical (unpaired) electrons. The molecule has 0 bridgehead atoms. The van der Waals surface area contributed by atoms with Crippen molar-refractivity contribution in [2.75, 3.05) is 7.11 Å². The number of halogens is 2. The fourth-order valence-electron chi connectivity index (χ4n) is 3.66. The van der Waals surface area contributed by atoms with Gasteiger partial charge in [-0.2, -0.15) is 0 Å². The van der Waals surface area contributed by atoms with Crippen molar-refractivity contribution in [2.24, 2.45) is 5.92 Å². The quantitative estimate of drug-likeness (QED) is 0.774. The van der Waals surface area contributed by atoms with Crippen LogP contribution in [0.1, 0.15) is 38.2 Å². The lowest BCUT2D eigenvalue weighted by atomic mass is 9.73. The van der Waals surface area contributed by atoms with Gasteiger partial charge in [0.15, 0.2) is 5.78 Å². The molecule has 1 aliphatic carbocycles. The summed E-state index contributed by atoms with van der Waals surface area (Å²) in [6.07, 6.45) is 1.21. The topological polar surface area (TPSA) is 55.4 Å². The van der Waals surface area contributed by atoms with E-state index in [1.165, 1.54) is 7.11 Å². The fourth-order valence-corrected chi connectivity index (χ4v) is 4.18. The molecule has 2 aliphatic rings. The summed E-state index contributed by atoms with van der Waals surface area (Å²) < 4.78 is 4.97. The van der Waals surface area contributed by atoms with Crippen LogP contribution in [0.5, 0.6) is 0 Å². The van der Waals surface area contributed by atoms with E-state index in [1.807, 2.05) is 13.8 Å². The monoisotopic (exact) mass is 379 g/mol. The lowest BCUT2D eigenvalue weighted by Gasteiger charge is -2.36. The second kappa shape index (κ2) is 6.85. The molecule has 2 atom stereocenters. The summed E-state index contributed by atoms with van der Waals surface area (Å²) >= 11 is 12.4. The van der Waals surface area contributed by atoms with E-state index in [0.29, 0.717) is 38.9 Å². The Kier molecular flexibility index (Phi) is 4.94. The molecule has 132 valence electrons. The molecule has 4 nitrogen and oxygen atoms in total. The number of rotatable bonds is 2. The Morgan fingerprint density at radius 3 is 2.64 bits per heavy atom. The van der Waals surface area contributed by atoms with Gasteiger partial charge in [0.25, 0.3) is 0 Å². The minimum absolute atomic E-state index is 0.0335. The SMILES string of the molecule is COC(=O)C1=C(C)NC2=C(C(=O)C[C@H](C)C2)[C@H]1c1ccc(Cl)cc1Cl. The molecule has 1 aromatic carbocycles. The predicted octanol–water partition coefficient (Wildman–Crippen LogP) is 4.38. The first-order valence-electron chi connectivity index (χ1n) is 8.10. The first-order valence-corrected chi connectivity index (χ1v) is 8.86. The van der Waals surface area contributed by atoms with Crippen LogP contribution in [0.25, 0.3) is 0 Å². The third-order valence-electron chi connectivity index (χ3n) is 4.71. The van der Waals surface area contributed by atoms with Gasteiger partial charge in [0.05, 0.1) is 12.7 Å². The molecule has 1 aliphatic heterocycles. The molecule has 0 saturated heterocycles. The van der Waals surface area contributed by atoms with E-state index in [0.717, 1.165) is 12.1 Å². The largest absolute Gasteiger partial charge is 0.466 e. The van der Waals surface area contributed by atoms with Crippen LogP contribution in [-0.2, 0) is 14.3 Å². The normalized spacial score (nSPS) is 23.3. The molecule has 0 saturated carbocycles. The minimum Gasteiger partial charge on any atom is -0.466 e. The molecular formula is C19H19Cl2NO3. The molecule has 0 fully saturated rings. The molecule has 3 rings (SSSR count). The number of carbonyl (C=O) groups excluding carboxylic acids is 2. The van der Waals surface area contributed by atoms with E-state index in [1.54, 1.807) is 18.2 Å². The number of esters is 1. The van der Waals surface area contributed by atoms with Crippen molar-refractivity contribution in [3.8, 4) is 0 Å². The van der Waals surface area contributed by atoms with E-state index in [2.05, 4.69) is 5.32 Å². The lowest BCUT2D eigenvalue weighted by Crippen LogP contribution is -2.36. The van der Waals surface area contributed by atoms with Gasteiger partial charge in [-0.3, -0.25) is 4.79 Å². The van der Waals surface area contributed by atoms with Crippen LogP contribution >= 0.6 is 23.2 Å². The summed E-state index contributed by atoms with van der Waals surface area (Å²) in [5, 5.41) is 4.17. The summed E-state index contributed by atoms with van der Waals surface area (Å²) in [6, 6.07) is 5.11. The number of hydrogen-bond donors (Lipinski definition) is 1. The number of methoxy groups -OCH3 is 1. The fraction of sp³-hybridized carbons (Fsp3) is 0.368. The highest BCUT2D eigenvalue weighted by molar-refractivity contribution is 6.35. The van der Waals surface area contributed by atoms with Crippen molar-refractivity contribution in [3.05, 3.63) is 56.3 Å². The third-order valence-corrected chi connectivity index (χ3v) is 5.27. The molecule has 1 N–H and O–H groups in total. The van der Waals surface area contributed by atoms with Crippen LogP contribution in [0.2, 0.25) is 10.0 Å². The van der Waals surface area contributed by atoms with Crippen molar-refractivity contribution >= 4 is 35.0 Å². The number of allylic oxidation sites excluding steroid dienone is 3. The Labute approximate surface area is 156 Å². The van der Waals surface area contributed by atoms with Crippen LogP contribution in [0.4, 0.5) is 0 Å². The Hall–Kier alpha value is -1.78. The average molecular weight is 380 g/mol. The van der Waals surface area contributed by atoms with Crippen LogP contribution in [0.15, 0.2) is 40.7 Å². The number of ether oxygens (including phenoxy) is 1. The van der Waals surface area contributed by atoms with E-state index in [4.69, 9.17) is 27.9 Å². The van der Waals surface area contributed by atoms with Gasteiger partial charge in [0.1, 0.15) is 0 Å². The number of dihydropyridines is 1. The van der Waals surface area contributed by atoms with Crippen LogP contribution < -0.4 is 5.32 Å². The molecule has 0 spiro atoms. The maximum absolute atomic E-state index is 12.8. The maximum Gasteiger partial charge on any atom is 0.336 e. The van der Waals surface area contributed by atoms with Crippen molar-refractivity contribution in [3.63, 3.8) is 0 Å². The molecule has 25 heavy (non-hydrogen) atoms. The van der Waals surface area contributed by atoms with E-state index in [-0.39, 0.29) is 11.7 Å². The van der Waals surface area contributed by atoms with Crippen LogP contribution in [-0.4, -0.2) is 18.9 Å². The molecular weight excluding hydrogens is 361 g/mol. The number of benzene rings is 1. The molecule has 0 amide bonds. The Morgan fingerprint density at radius 2 is 2.00 bits per heavy atom. The van der Waals surface area contributed by atoms with Crippen molar-refractivity contribution in [2.45, 2.75) is 32.6 Å². The van der Waals surface area contributed by atoms with E-state index < -0.39 is 11.9 Å². The van der Waals surface area contributed by atoms with Crippen molar-refractivity contribution in [1.82, 2.24) is 5.32 Å². The highest BCUT2D eigenvalue weighted by Crippen LogP contribution is 2.45. The van der Waals surface area contributed by atoms with Crippen molar-refractivity contribution < 1.29 is 14.3 Å². The number of carbonyl (C=O) groups is 2. The predicted molar refractivity (Wildman–Crippen MR) is 97.5 cm³/mol. The second-order valence-corrected chi connectivity index (χ2v) is 7.43. The molecule has 6 heteroatoms. The smallest absolute Gasteiger partial charge is 0.336 e. The van der Waals surface area contributed by atoms with Gasteiger partial charge in [0, 0.05) is 39.4 Å². The van der Waals surface area contributed by atoms with Gasteiger partial charge in [-0.15, -0.1) is 0 Å². The molecule has 0 unspecified atom stereocenters. The van der Waals surface area contributed by atoms with Crippen LogP contribution in [0, 0.1) is 5.92 Å². The van der Waals surface area contributed by atoms with Gasteiger partial charge in [-0.1, -0.05) is 36.2 Å². The third kappa shape index (κ3) is 3.21. The van der Waals surface area contributed by atoms with E-state index in [9.17, 15) is 9.59 Å². The summed E-state index contributed by atoms with van der Waals surface area (Å²) in [7, 11) is 1.33.